The van der Waals surface area contributed by atoms with Crippen LogP contribution in [0.4, 0.5) is 0 Å². The third-order valence-electron chi connectivity index (χ3n) is 8.36. The lowest BCUT2D eigenvalue weighted by molar-refractivity contribution is -0.252. The Bertz CT molecular complexity index is 1360. The first-order chi connectivity index (χ1) is 23.3. The van der Waals surface area contributed by atoms with E-state index in [-0.39, 0.29) is 29.9 Å². The zero-order valence-corrected chi connectivity index (χ0v) is 28.5. The fourth-order valence-corrected chi connectivity index (χ4v) is 6.96. The van der Waals surface area contributed by atoms with E-state index >= 15 is 0 Å². The third kappa shape index (κ3) is 11.9. The highest BCUT2D eigenvalue weighted by Crippen LogP contribution is 2.38. The number of thioether (sulfide) groups is 1. The number of hydrogen-bond donors (Lipinski definition) is 0. The molecule has 1 saturated heterocycles. The number of unbranched alkanes of at least 4 members (excludes halogenated alkanes) is 5. The second-order valence-corrected chi connectivity index (χ2v) is 13.3. The molecule has 0 saturated carbocycles. The van der Waals surface area contributed by atoms with Crippen molar-refractivity contribution in [3.63, 3.8) is 0 Å². The summed E-state index contributed by atoms with van der Waals surface area (Å²) in [6.07, 6.45) is 5.73. The van der Waals surface area contributed by atoms with E-state index in [9.17, 15) is 0 Å². The Hall–Kier alpha value is -2.97. The molecule has 4 aromatic carbocycles. The molecule has 250 valence electrons. The Morgan fingerprint density at radius 1 is 0.532 bits per heavy atom. The summed E-state index contributed by atoms with van der Waals surface area (Å²) >= 11 is 1.67. The number of benzene rings is 4. The van der Waals surface area contributed by atoms with Gasteiger partial charge in [0.1, 0.15) is 29.9 Å². The van der Waals surface area contributed by atoms with Crippen molar-refractivity contribution < 1.29 is 23.7 Å². The maximum atomic E-state index is 6.94. The summed E-state index contributed by atoms with van der Waals surface area (Å²) in [7, 11) is 0. The first kappa shape index (κ1) is 35.3. The van der Waals surface area contributed by atoms with Crippen LogP contribution in [0, 0.1) is 0 Å². The summed E-state index contributed by atoms with van der Waals surface area (Å²) in [5.41, 5.74) is 3.01. The molecule has 5 atom stereocenters. The molecule has 5 rings (SSSR count). The van der Waals surface area contributed by atoms with Gasteiger partial charge in [0.25, 0.3) is 0 Å². The minimum absolute atomic E-state index is 0.332. The lowest BCUT2D eigenvalue weighted by Crippen LogP contribution is -2.60. The first-order valence-electron chi connectivity index (χ1n) is 17.2. The second kappa shape index (κ2) is 20.4. The predicted molar refractivity (Wildman–Crippen MR) is 190 cm³/mol. The smallest absolute Gasteiger partial charge is 0.137 e. The van der Waals surface area contributed by atoms with Crippen LogP contribution in [0.1, 0.15) is 62.1 Å². The average Bonchev–Trinajstić information content (AvgIpc) is 3.12. The van der Waals surface area contributed by atoms with E-state index in [1.807, 2.05) is 60.7 Å². The quantitative estimate of drug-likeness (QED) is 0.0885. The van der Waals surface area contributed by atoms with Gasteiger partial charge in [-0.2, -0.15) is 0 Å². The van der Waals surface area contributed by atoms with Crippen molar-refractivity contribution in [2.45, 2.75) is 100 Å². The monoisotopic (exact) mass is 654 g/mol. The highest BCUT2D eigenvalue weighted by molar-refractivity contribution is 7.99. The Kier molecular flexibility index (Phi) is 15.3. The van der Waals surface area contributed by atoms with Gasteiger partial charge in [-0.05, 0) is 35.2 Å². The normalized spacial score (nSPS) is 21.1. The van der Waals surface area contributed by atoms with Crippen molar-refractivity contribution >= 4 is 11.8 Å². The zero-order valence-electron chi connectivity index (χ0n) is 27.7. The number of hydrogen-bond acceptors (Lipinski definition) is 6. The minimum Gasteiger partial charge on any atom is -0.374 e. The van der Waals surface area contributed by atoms with Crippen LogP contribution in [0.15, 0.2) is 126 Å². The molecule has 1 aliphatic heterocycles. The second-order valence-electron chi connectivity index (χ2n) is 12.1. The molecule has 1 fully saturated rings. The van der Waals surface area contributed by atoms with Crippen molar-refractivity contribution in [2.75, 3.05) is 13.2 Å². The Balaban J connectivity index is 1.40. The molecule has 0 unspecified atom stereocenters. The Morgan fingerprint density at radius 3 is 1.64 bits per heavy atom. The van der Waals surface area contributed by atoms with E-state index in [0.29, 0.717) is 33.0 Å². The van der Waals surface area contributed by atoms with Crippen LogP contribution in [-0.2, 0) is 43.5 Å². The maximum Gasteiger partial charge on any atom is 0.137 e. The van der Waals surface area contributed by atoms with E-state index < -0.39 is 0 Å². The van der Waals surface area contributed by atoms with Gasteiger partial charge in [0.2, 0.25) is 0 Å². The highest BCUT2D eigenvalue weighted by Gasteiger charge is 2.48. The minimum atomic E-state index is -0.385. The molecule has 5 nitrogen and oxygen atoms in total. The standard InChI is InChI=1S/C41H50O5S/c1-2-3-4-5-6-19-28-43-38-37(32-42-29-33-20-11-7-12-21-33)46-41(47-36-26-17-10-18-27-36)40(45-31-35-24-15-9-16-25-35)39(38)44-30-34-22-13-8-14-23-34/h7-18,20-27,37-41H,2-6,19,28-32H2,1H3/t37-,38-,39+,40-,41+/m1/s1. The van der Waals surface area contributed by atoms with Gasteiger partial charge >= 0.3 is 0 Å². The molecule has 0 bridgehead atoms. The molecule has 0 spiro atoms. The molecular formula is C41H50O5S. The molecule has 0 amide bonds. The molecule has 0 aliphatic carbocycles. The van der Waals surface area contributed by atoms with E-state index in [1.165, 1.54) is 25.7 Å². The maximum absolute atomic E-state index is 6.94. The average molecular weight is 655 g/mol. The summed E-state index contributed by atoms with van der Waals surface area (Å²) in [4.78, 5) is 1.11. The Labute approximate surface area is 285 Å². The van der Waals surface area contributed by atoms with E-state index in [4.69, 9.17) is 23.7 Å². The lowest BCUT2D eigenvalue weighted by Gasteiger charge is -2.46. The van der Waals surface area contributed by atoms with Gasteiger partial charge in [-0.3, -0.25) is 0 Å². The Morgan fingerprint density at radius 2 is 1.04 bits per heavy atom. The summed E-state index contributed by atoms with van der Waals surface area (Å²) in [5.74, 6) is 0. The number of ether oxygens (including phenoxy) is 5. The van der Waals surface area contributed by atoms with Crippen LogP contribution >= 0.6 is 11.8 Å². The van der Waals surface area contributed by atoms with E-state index in [2.05, 4.69) is 67.6 Å². The molecule has 0 radical (unpaired) electrons. The van der Waals surface area contributed by atoms with Crippen LogP contribution in [0.3, 0.4) is 0 Å². The van der Waals surface area contributed by atoms with Crippen molar-refractivity contribution in [2.24, 2.45) is 0 Å². The zero-order chi connectivity index (χ0) is 32.4. The van der Waals surface area contributed by atoms with Crippen molar-refractivity contribution in [1.82, 2.24) is 0 Å². The summed E-state index contributed by atoms with van der Waals surface area (Å²) in [6.45, 7) is 4.69. The van der Waals surface area contributed by atoms with Crippen LogP contribution in [0.5, 0.6) is 0 Å². The van der Waals surface area contributed by atoms with Gasteiger partial charge in [0, 0.05) is 11.5 Å². The molecule has 1 heterocycles. The van der Waals surface area contributed by atoms with Crippen molar-refractivity contribution in [3.05, 3.63) is 138 Å². The van der Waals surface area contributed by atoms with Crippen molar-refractivity contribution in [1.29, 1.82) is 0 Å². The molecule has 47 heavy (non-hydrogen) atoms. The van der Waals surface area contributed by atoms with Gasteiger partial charge < -0.3 is 23.7 Å². The summed E-state index contributed by atoms with van der Waals surface area (Å²) in [6, 6.07) is 41.3. The summed E-state index contributed by atoms with van der Waals surface area (Å²) in [5, 5.41) is 0. The van der Waals surface area contributed by atoms with Crippen LogP contribution in [0.25, 0.3) is 0 Å². The third-order valence-corrected chi connectivity index (χ3v) is 9.52. The van der Waals surface area contributed by atoms with Gasteiger partial charge in [-0.15, -0.1) is 0 Å². The first-order valence-corrected chi connectivity index (χ1v) is 18.1. The highest BCUT2D eigenvalue weighted by atomic mass is 32.2. The molecule has 4 aromatic rings. The van der Waals surface area contributed by atoms with Crippen LogP contribution < -0.4 is 0 Å². The molecule has 0 aromatic heterocycles. The SMILES string of the molecule is CCCCCCCCO[C@H]1[C@H](OCc2ccccc2)[C@@H](OCc2ccccc2)[C@H](Sc2ccccc2)O[C@@H]1COCc1ccccc1. The van der Waals surface area contributed by atoms with Crippen LogP contribution in [-0.4, -0.2) is 43.1 Å². The fraction of sp³-hybridized carbons (Fsp3) is 0.415. The lowest BCUT2D eigenvalue weighted by atomic mass is 9.99. The van der Waals surface area contributed by atoms with Gasteiger partial charge in [0.05, 0.1) is 26.4 Å². The van der Waals surface area contributed by atoms with Gasteiger partial charge in [0.15, 0.2) is 0 Å². The summed E-state index contributed by atoms with van der Waals surface area (Å²) < 4.78 is 33.7. The molecule has 6 heteroatoms. The predicted octanol–water partition coefficient (Wildman–Crippen LogP) is 9.64. The molecule has 0 N–H and O–H groups in total. The molecule has 1 aliphatic rings. The topological polar surface area (TPSA) is 46.2 Å². The fourth-order valence-electron chi connectivity index (χ4n) is 5.81. The largest absolute Gasteiger partial charge is 0.374 e. The van der Waals surface area contributed by atoms with Crippen LogP contribution in [0.2, 0.25) is 0 Å². The molecular weight excluding hydrogens is 605 g/mol. The van der Waals surface area contributed by atoms with Crippen molar-refractivity contribution in [3.8, 4) is 0 Å². The van der Waals surface area contributed by atoms with Gasteiger partial charge in [-0.25, -0.2) is 0 Å². The van der Waals surface area contributed by atoms with Gasteiger partial charge in [-0.1, -0.05) is 160 Å². The van der Waals surface area contributed by atoms with E-state index in [0.717, 1.165) is 34.4 Å². The van der Waals surface area contributed by atoms with E-state index in [1.54, 1.807) is 11.8 Å². The number of rotatable bonds is 20.